The minimum Gasteiger partial charge on any atom is -0.473 e. The molecule has 0 aliphatic carbocycles. The lowest BCUT2D eigenvalue weighted by Gasteiger charge is -2.04. The number of rotatable bonds is 3. The van der Waals surface area contributed by atoms with E-state index in [9.17, 15) is 0 Å². The van der Waals surface area contributed by atoms with E-state index in [2.05, 4.69) is 4.99 Å². The van der Waals surface area contributed by atoms with Crippen molar-refractivity contribution in [2.45, 2.75) is 13.5 Å². The Kier molecular flexibility index (Phi) is 4.48. The highest BCUT2D eigenvalue weighted by Gasteiger charge is 1.94. The van der Waals surface area contributed by atoms with Gasteiger partial charge in [0.1, 0.15) is 6.61 Å². The zero-order valence-electron chi connectivity index (χ0n) is 8.60. The molecule has 0 aromatic heterocycles. The predicted octanol–water partition coefficient (Wildman–Crippen LogP) is 2.81. The summed E-state index contributed by atoms with van der Waals surface area (Å²) in [6, 6.07) is 10.0. The Morgan fingerprint density at radius 3 is 2.64 bits per heavy atom. The van der Waals surface area contributed by atoms with Crippen molar-refractivity contribution in [2.75, 3.05) is 7.05 Å². The summed E-state index contributed by atoms with van der Waals surface area (Å²) in [5, 5.41) is 0. The molecule has 0 unspecified atom stereocenters. The SMILES string of the molecule is C/C=C\C(=N/C)OCc1ccccc1. The first-order chi connectivity index (χ1) is 6.86. The molecule has 0 bridgehead atoms. The van der Waals surface area contributed by atoms with Crippen LogP contribution in [0.2, 0.25) is 0 Å². The Bertz CT molecular complexity index is 314. The lowest BCUT2D eigenvalue weighted by Crippen LogP contribution is -2.01. The van der Waals surface area contributed by atoms with Crippen molar-refractivity contribution >= 4 is 5.90 Å². The van der Waals surface area contributed by atoms with Crippen LogP contribution in [0.3, 0.4) is 0 Å². The quantitative estimate of drug-likeness (QED) is 0.529. The Balaban J connectivity index is 2.48. The second kappa shape index (κ2) is 5.97. The van der Waals surface area contributed by atoms with E-state index in [-0.39, 0.29) is 0 Å². The largest absolute Gasteiger partial charge is 0.473 e. The van der Waals surface area contributed by atoms with Crippen LogP contribution < -0.4 is 0 Å². The maximum Gasteiger partial charge on any atom is 0.208 e. The van der Waals surface area contributed by atoms with Crippen LogP contribution in [0.1, 0.15) is 12.5 Å². The molecule has 0 heterocycles. The van der Waals surface area contributed by atoms with Gasteiger partial charge in [-0.25, -0.2) is 0 Å². The molecule has 0 saturated heterocycles. The Hall–Kier alpha value is -1.57. The van der Waals surface area contributed by atoms with Crippen molar-refractivity contribution in [1.82, 2.24) is 0 Å². The molecule has 0 radical (unpaired) electrons. The molecule has 2 nitrogen and oxygen atoms in total. The topological polar surface area (TPSA) is 21.6 Å². The van der Waals surface area contributed by atoms with Gasteiger partial charge in [0.25, 0.3) is 0 Å². The highest BCUT2D eigenvalue weighted by molar-refractivity contribution is 5.87. The summed E-state index contributed by atoms with van der Waals surface area (Å²) in [6.45, 7) is 2.51. The highest BCUT2D eigenvalue weighted by Crippen LogP contribution is 2.01. The normalized spacial score (nSPS) is 12.0. The molecule has 0 aliphatic rings. The summed E-state index contributed by atoms with van der Waals surface area (Å²) in [7, 11) is 1.72. The molecule has 1 rings (SSSR count). The fraction of sp³-hybridized carbons (Fsp3) is 0.250. The van der Waals surface area contributed by atoms with Crippen LogP contribution in [0, 0.1) is 0 Å². The maximum atomic E-state index is 5.48. The van der Waals surface area contributed by atoms with Crippen molar-refractivity contribution < 1.29 is 4.74 Å². The summed E-state index contributed by atoms with van der Waals surface area (Å²) in [5.41, 5.74) is 1.15. The first-order valence-corrected chi connectivity index (χ1v) is 4.63. The van der Waals surface area contributed by atoms with Gasteiger partial charge in [-0.1, -0.05) is 36.4 Å². The van der Waals surface area contributed by atoms with Crippen molar-refractivity contribution in [3.8, 4) is 0 Å². The van der Waals surface area contributed by atoms with E-state index in [4.69, 9.17) is 4.74 Å². The van der Waals surface area contributed by atoms with Gasteiger partial charge in [0, 0.05) is 7.05 Å². The molecule has 0 spiro atoms. The molecule has 0 amide bonds. The van der Waals surface area contributed by atoms with Gasteiger partial charge < -0.3 is 4.74 Å². The smallest absolute Gasteiger partial charge is 0.208 e. The standard InChI is InChI=1S/C12H15NO/c1-3-7-12(13-2)14-10-11-8-5-4-6-9-11/h3-9H,10H2,1-2H3/b7-3-,13-12+. The van der Waals surface area contributed by atoms with Crippen LogP contribution in [-0.2, 0) is 11.3 Å². The number of aliphatic imine (C=N–C) groups is 1. The molecular weight excluding hydrogens is 174 g/mol. The number of allylic oxidation sites excluding steroid dienone is 1. The summed E-state index contributed by atoms with van der Waals surface area (Å²) in [5.74, 6) is 0.663. The highest BCUT2D eigenvalue weighted by atomic mass is 16.5. The van der Waals surface area contributed by atoms with E-state index in [0.717, 1.165) is 5.56 Å². The molecule has 14 heavy (non-hydrogen) atoms. The average Bonchev–Trinajstić information content (AvgIpc) is 2.25. The van der Waals surface area contributed by atoms with Crippen LogP contribution in [0.5, 0.6) is 0 Å². The molecule has 1 aromatic rings. The molecular formula is C12H15NO. The molecule has 0 saturated carbocycles. The third-order valence-corrected chi connectivity index (χ3v) is 1.76. The number of hydrogen-bond acceptors (Lipinski definition) is 2. The van der Waals surface area contributed by atoms with Gasteiger partial charge in [-0.2, -0.15) is 0 Å². The van der Waals surface area contributed by atoms with Gasteiger partial charge in [-0.05, 0) is 18.6 Å². The lowest BCUT2D eigenvalue weighted by atomic mass is 10.2. The summed E-state index contributed by atoms with van der Waals surface area (Å²) in [6.07, 6.45) is 3.76. The number of nitrogens with zero attached hydrogens (tertiary/aromatic N) is 1. The third kappa shape index (κ3) is 3.44. The summed E-state index contributed by atoms with van der Waals surface area (Å²) in [4.78, 5) is 4.00. The van der Waals surface area contributed by atoms with Crippen molar-refractivity contribution in [2.24, 2.45) is 4.99 Å². The molecule has 0 fully saturated rings. The van der Waals surface area contributed by atoms with Gasteiger partial charge in [-0.3, -0.25) is 4.99 Å². The molecule has 0 aliphatic heterocycles. The molecule has 0 N–H and O–H groups in total. The Morgan fingerprint density at radius 1 is 1.36 bits per heavy atom. The average molecular weight is 189 g/mol. The third-order valence-electron chi connectivity index (χ3n) is 1.76. The number of ether oxygens (including phenoxy) is 1. The van der Waals surface area contributed by atoms with E-state index in [0.29, 0.717) is 12.5 Å². The first-order valence-electron chi connectivity index (χ1n) is 4.63. The second-order valence-electron chi connectivity index (χ2n) is 2.84. The van der Waals surface area contributed by atoms with Gasteiger partial charge in [0.05, 0.1) is 0 Å². The van der Waals surface area contributed by atoms with E-state index >= 15 is 0 Å². The summed E-state index contributed by atoms with van der Waals surface area (Å²) < 4.78 is 5.48. The minimum absolute atomic E-state index is 0.567. The molecule has 74 valence electrons. The van der Waals surface area contributed by atoms with Crippen LogP contribution in [0.25, 0.3) is 0 Å². The van der Waals surface area contributed by atoms with Crippen molar-refractivity contribution in [1.29, 1.82) is 0 Å². The monoisotopic (exact) mass is 189 g/mol. The maximum absolute atomic E-state index is 5.48. The zero-order valence-corrected chi connectivity index (χ0v) is 8.60. The molecule has 2 heteroatoms. The van der Waals surface area contributed by atoms with Gasteiger partial charge in [-0.15, -0.1) is 0 Å². The number of hydrogen-bond donors (Lipinski definition) is 0. The van der Waals surface area contributed by atoms with Gasteiger partial charge >= 0.3 is 0 Å². The van der Waals surface area contributed by atoms with E-state index < -0.39 is 0 Å². The predicted molar refractivity (Wildman–Crippen MR) is 59.4 cm³/mol. The lowest BCUT2D eigenvalue weighted by molar-refractivity contribution is 0.295. The van der Waals surface area contributed by atoms with Crippen LogP contribution in [-0.4, -0.2) is 12.9 Å². The van der Waals surface area contributed by atoms with Crippen molar-refractivity contribution in [3.63, 3.8) is 0 Å². The fourth-order valence-corrected chi connectivity index (χ4v) is 1.06. The second-order valence-corrected chi connectivity index (χ2v) is 2.84. The Morgan fingerprint density at radius 2 is 2.07 bits per heavy atom. The zero-order chi connectivity index (χ0) is 10.2. The van der Waals surface area contributed by atoms with Crippen LogP contribution in [0.15, 0.2) is 47.5 Å². The van der Waals surface area contributed by atoms with E-state index in [1.54, 1.807) is 7.05 Å². The van der Waals surface area contributed by atoms with Gasteiger partial charge in [0.2, 0.25) is 5.90 Å². The Labute approximate surface area is 84.9 Å². The molecule has 1 aromatic carbocycles. The number of benzene rings is 1. The summed E-state index contributed by atoms with van der Waals surface area (Å²) >= 11 is 0. The van der Waals surface area contributed by atoms with Gasteiger partial charge in [0.15, 0.2) is 0 Å². The minimum atomic E-state index is 0.567. The van der Waals surface area contributed by atoms with E-state index in [1.807, 2.05) is 49.4 Å². The fourth-order valence-electron chi connectivity index (χ4n) is 1.06. The van der Waals surface area contributed by atoms with Crippen LogP contribution in [0.4, 0.5) is 0 Å². The van der Waals surface area contributed by atoms with Crippen molar-refractivity contribution in [3.05, 3.63) is 48.0 Å². The first kappa shape index (κ1) is 10.5. The molecule has 0 atom stereocenters. The van der Waals surface area contributed by atoms with E-state index in [1.165, 1.54) is 0 Å². The van der Waals surface area contributed by atoms with Crippen LogP contribution >= 0.6 is 0 Å².